The highest BCUT2D eigenvalue weighted by molar-refractivity contribution is 9.10. The van der Waals surface area contributed by atoms with Crippen molar-refractivity contribution in [3.63, 3.8) is 0 Å². The van der Waals surface area contributed by atoms with Crippen LogP contribution in [-0.2, 0) is 6.54 Å². The van der Waals surface area contributed by atoms with E-state index in [2.05, 4.69) is 20.9 Å². The first-order valence-electron chi connectivity index (χ1n) is 5.96. The van der Waals surface area contributed by atoms with Crippen LogP contribution in [0.1, 0.15) is 15.9 Å². The van der Waals surface area contributed by atoms with E-state index < -0.39 is 11.4 Å². The molecule has 0 aliphatic rings. The summed E-state index contributed by atoms with van der Waals surface area (Å²) in [4.78, 5) is 27.1. The highest BCUT2D eigenvalue weighted by atomic mass is 79.9. The Morgan fingerprint density at radius 1 is 1.43 bits per heavy atom. The highest BCUT2D eigenvalue weighted by Crippen LogP contribution is 2.17. The van der Waals surface area contributed by atoms with Crippen LogP contribution in [0.15, 0.2) is 39.7 Å². The molecule has 1 aromatic heterocycles. The Balaban J connectivity index is 2.21. The first-order chi connectivity index (χ1) is 9.88. The van der Waals surface area contributed by atoms with Gasteiger partial charge in [0.05, 0.1) is 5.56 Å². The molecule has 0 bridgehead atoms. The van der Waals surface area contributed by atoms with Gasteiger partial charge < -0.3 is 9.88 Å². The third kappa shape index (κ3) is 3.71. The molecule has 2 rings (SSSR count). The number of carbonyl (C=O) groups excluding carboxylic acids is 1. The summed E-state index contributed by atoms with van der Waals surface area (Å²) >= 11 is 8.95. The van der Waals surface area contributed by atoms with Gasteiger partial charge in [0.1, 0.15) is 10.8 Å². The fourth-order valence-corrected chi connectivity index (χ4v) is 2.37. The lowest BCUT2D eigenvalue weighted by Crippen LogP contribution is -2.27. The van der Waals surface area contributed by atoms with Gasteiger partial charge in [-0.2, -0.15) is 0 Å². The third-order valence-electron chi connectivity index (χ3n) is 2.87. The average Bonchev–Trinajstić information content (AvgIpc) is 2.45. The fourth-order valence-electron chi connectivity index (χ4n) is 1.79. The van der Waals surface area contributed by atoms with Crippen molar-refractivity contribution in [2.75, 3.05) is 7.05 Å². The number of amides is 1. The fraction of sp³-hybridized carbons (Fsp3) is 0.143. The lowest BCUT2D eigenvalue weighted by Gasteiger charge is -2.18. The topological polar surface area (TPSA) is 53.2 Å². The molecule has 0 aliphatic carbocycles. The predicted molar refractivity (Wildman–Crippen MR) is 82.0 cm³/mol. The molecule has 0 fully saturated rings. The molecule has 0 saturated carbocycles. The van der Waals surface area contributed by atoms with E-state index in [9.17, 15) is 14.0 Å². The molecule has 7 heteroatoms. The summed E-state index contributed by atoms with van der Waals surface area (Å²) in [5, 5.41) is -0.0668. The molecule has 0 unspecified atom stereocenters. The zero-order valence-electron chi connectivity index (χ0n) is 11.0. The Morgan fingerprint density at radius 2 is 2.14 bits per heavy atom. The van der Waals surface area contributed by atoms with Crippen molar-refractivity contribution in [3.8, 4) is 0 Å². The maximum Gasteiger partial charge on any atom is 0.266 e. The first-order valence-corrected chi connectivity index (χ1v) is 7.13. The van der Waals surface area contributed by atoms with Gasteiger partial charge in [-0.05, 0) is 24.3 Å². The summed E-state index contributed by atoms with van der Waals surface area (Å²) in [5.41, 5.74) is 0.155. The van der Waals surface area contributed by atoms with E-state index in [1.165, 1.54) is 23.2 Å². The van der Waals surface area contributed by atoms with Crippen LogP contribution in [0.3, 0.4) is 0 Å². The van der Waals surface area contributed by atoms with Gasteiger partial charge in [0.25, 0.3) is 11.5 Å². The molecule has 1 aromatic carbocycles. The number of nitrogens with zero attached hydrogens (tertiary/aromatic N) is 1. The molecule has 0 aliphatic heterocycles. The Bertz CT molecular complexity index is 748. The largest absolute Gasteiger partial charge is 0.337 e. The second-order valence-electron chi connectivity index (χ2n) is 4.46. The number of H-pyrrole nitrogens is 1. The number of nitrogens with one attached hydrogen (secondary N) is 1. The molecule has 0 saturated heterocycles. The molecule has 0 spiro atoms. The second kappa shape index (κ2) is 6.41. The van der Waals surface area contributed by atoms with Crippen LogP contribution in [0.2, 0.25) is 5.02 Å². The van der Waals surface area contributed by atoms with Gasteiger partial charge in [-0.15, -0.1) is 0 Å². The third-order valence-corrected chi connectivity index (χ3v) is 3.64. The van der Waals surface area contributed by atoms with Crippen molar-refractivity contribution >= 4 is 33.4 Å². The normalized spacial score (nSPS) is 10.5. The number of carbonyl (C=O) groups is 1. The van der Waals surface area contributed by atoms with Crippen LogP contribution >= 0.6 is 27.5 Å². The van der Waals surface area contributed by atoms with Crippen molar-refractivity contribution in [1.29, 1.82) is 0 Å². The quantitative estimate of drug-likeness (QED) is 0.898. The molecular formula is C14H11BrClFN2O2. The summed E-state index contributed by atoms with van der Waals surface area (Å²) < 4.78 is 14.4. The van der Waals surface area contributed by atoms with E-state index in [0.717, 1.165) is 4.47 Å². The summed E-state index contributed by atoms with van der Waals surface area (Å²) in [6, 6.07) is 5.81. The van der Waals surface area contributed by atoms with Crippen molar-refractivity contribution < 1.29 is 9.18 Å². The zero-order valence-corrected chi connectivity index (χ0v) is 13.3. The van der Waals surface area contributed by atoms with Crippen molar-refractivity contribution in [2.24, 2.45) is 0 Å². The van der Waals surface area contributed by atoms with Crippen molar-refractivity contribution in [2.45, 2.75) is 6.54 Å². The number of benzene rings is 1. The van der Waals surface area contributed by atoms with Gasteiger partial charge >= 0.3 is 0 Å². The van der Waals surface area contributed by atoms with Gasteiger partial charge in [-0.25, -0.2) is 4.39 Å². The zero-order chi connectivity index (χ0) is 15.6. The smallest absolute Gasteiger partial charge is 0.266 e. The Hall–Kier alpha value is -1.66. The maximum absolute atomic E-state index is 13.7. The van der Waals surface area contributed by atoms with Gasteiger partial charge in [0.15, 0.2) is 0 Å². The van der Waals surface area contributed by atoms with Crippen molar-refractivity contribution in [3.05, 3.63) is 67.3 Å². The Kier molecular flexibility index (Phi) is 4.80. The number of rotatable bonds is 3. The van der Waals surface area contributed by atoms with Crippen LogP contribution in [0, 0.1) is 5.82 Å². The predicted octanol–water partition coefficient (Wildman–Crippen LogP) is 3.20. The Labute approximate surface area is 133 Å². The molecule has 21 heavy (non-hydrogen) atoms. The van der Waals surface area contributed by atoms with E-state index in [0.29, 0.717) is 5.56 Å². The van der Waals surface area contributed by atoms with Crippen LogP contribution in [0.25, 0.3) is 0 Å². The number of hydrogen-bond acceptors (Lipinski definition) is 2. The van der Waals surface area contributed by atoms with Gasteiger partial charge in [0, 0.05) is 29.8 Å². The lowest BCUT2D eigenvalue weighted by atomic mass is 10.2. The SMILES string of the molecule is CN(Cc1cc(Br)ccc1F)C(=O)c1c[nH]c(=O)c(Cl)c1. The molecule has 1 N–H and O–H groups in total. The minimum atomic E-state index is -0.464. The Morgan fingerprint density at radius 3 is 2.81 bits per heavy atom. The van der Waals surface area contributed by atoms with Gasteiger partial charge in [0.2, 0.25) is 0 Å². The molecule has 2 aromatic rings. The summed E-state index contributed by atoms with van der Waals surface area (Å²) in [6.45, 7) is 0.0981. The van der Waals surface area contributed by atoms with Crippen LogP contribution in [0.5, 0.6) is 0 Å². The monoisotopic (exact) mass is 372 g/mol. The molecule has 1 amide bonds. The van der Waals surface area contributed by atoms with E-state index in [4.69, 9.17) is 11.6 Å². The molecule has 1 heterocycles. The first kappa shape index (κ1) is 15.7. The van der Waals surface area contributed by atoms with Gasteiger partial charge in [-0.1, -0.05) is 27.5 Å². The minimum Gasteiger partial charge on any atom is -0.337 e. The van der Waals surface area contributed by atoms with E-state index >= 15 is 0 Å². The molecule has 4 nitrogen and oxygen atoms in total. The van der Waals surface area contributed by atoms with E-state index in [1.807, 2.05) is 0 Å². The highest BCUT2D eigenvalue weighted by Gasteiger charge is 2.15. The summed E-state index contributed by atoms with van der Waals surface area (Å²) in [6.07, 6.45) is 1.28. The van der Waals surface area contributed by atoms with Crippen LogP contribution < -0.4 is 5.56 Å². The van der Waals surface area contributed by atoms with E-state index in [-0.39, 0.29) is 23.0 Å². The standard InChI is InChI=1S/C14H11BrClFN2O2/c1-19(7-9-4-10(15)2-3-12(9)17)14(21)8-5-11(16)13(20)18-6-8/h2-6H,7H2,1H3,(H,18,20). The average molecular weight is 374 g/mol. The maximum atomic E-state index is 13.7. The molecule has 0 atom stereocenters. The number of halogens is 3. The molecule has 0 radical (unpaired) electrons. The number of aromatic nitrogens is 1. The van der Waals surface area contributed by atoms with Crippen LogP contribution in [-0.4, -0.2) is 22.8 Å². The van der Waals surface area contributed by atoms with Crippen LogP contribution in [0.4, 0.5) is 4.39 Å². The number of aromatic amines is 1. The number of pyridine rings is 1. The lowest BCUT2D eigenvalue weighted by molar-refractivity contribution is 0.0783. The number of hydrogen-bond donors (Lipinski definition) is 1. The summed E-state index contributed by atoms with van der Waals surface area (Å²) in [7, 11) is 1.54. The second-order valence-corrected chi connectivity index (χ2v) is 5.79. The van der Waals surface area contributed by atoms with Gasteiger partial charge in [-0.3, -0.25) is 9.59 Å². The van der Waals surface area contributed by atoms with E-state index in [1.54, 1.807) is 19.2 Å². The molecular weight excluding hydrogens is 363 g/mol. The molecule has 110 valence electrons. The summed E-state index contributed by atoms with van der Waals surface area (Å²) in [5.74, 6) is -0.759. The van der Waals surface area contributed by atoms with Crippen molar-refractivity contribution in [1.82, 2.24) is 9.88 Å². The minimum absolute atomic E-state index is 0.0668.